The van der Waals surface area contributed by atoms with Crippen molar-refractivity contribution in [3.63, 3.8) is 0 Å². The number of esters is 1. The SMILES string of the molecule is CCOC(=O)Cc1cc(OCc2ccccc2)cc(-c2ccc(CF)cc2)c1. The van der Waals surface area contributed by atoms with E-state index in [-0.39, 0.29) is 12.4 Å². The molecule has 0 saturated carbocycles. The van der Waals surface area contributed by atoms with Crippen molar-refractivity contribution in [3.05, 3.63) is 89.5 Å². The first kappa shape index (κ1) is 19.6. The molecule has 0 N–H and O–H groups in total. The van der Waals surface area contributed by atoms with Gasteiger partial charge in [-0.15, -0.1) is 0 Å². The van der Waals surface area contributed by atoms with Crippen molar-refractivity contribution < 1.29 is 18.7 Å². The summed E-state index contributed by atoms with van der Waals surface area (Å²) in [5.41, 5.74) is 4.36. The molecule has 28 heavy (non-hydrogen) atoms. The molecule has 0 saturated heterocycles. The third-order valence-corrected chi connectivity index (χ3v) is 4.31. The van der Waals surface area contributed by atoms with E-state index in [0.29, 0.717) is 24.5 Å². The predicted molar refractivity (Wildman–Crippen MR) is 108 cm³/mol. The lowest BCUT2D eigenvalue weighted by Crippen LogP contribution is -2.08. The number of benzene rings is 3. The van der Waals surface area contributed by atoms with Gasteiger partial charge < -0.3 is 9.47 Å². The minimum Gasteiger partial charge on any atom is -0.489 e. The number of alkyl halides is 1. The first-order valence-corrected chi connectivity index (χ1v) is 9.29. The highest BCUT2D eigenvalue weighted by atomic mass is 19.1. The van der Waals surface area contributed by atoms with E-state index in [9.17, 15) is 9.18 Å². The highest BCUT2D eigenvalue weighted by Gasteiger charge is 2.10. The van der Waals surface area contributed by atoms with Gasteiger partial charge in [-0.25, -0.2) is 4.39 Å². The van der Waals surface area contributed by atoms with Crippen LogP contribution in [0.4, 0.5) is 4.39 Å². The molecule has 4 heteroatoms. The Kier molecular flexibility index (Phi) is 6.79. The van der Waals surface area contributed by atoms with E-state index < -0.39 is 6.67 Å². The van der Waals surface area contributed by atoms with Gasteiger partial charge in [-0.2, -0.15) is 0 Å². The molecule has 0 fully saturated rings. The van der Waals surface area contributed by atoms with Crippen LogP contribution >= 0.6 is 0 Å². The van der Waals surface area contributed by atoms with Gasteiger partial charge in [0.15, 0.2) is 0 Å². The largest absolute Gasteiger partial charge is 0.489 e. The number of halogens is 1. The van der Waals surface area contributed by atoms with Crippen molar-refractivity contribution in [1.29, 1.82) is 0 Å². The first-order valence-electron chi connectivity index (χ1n) is 9.29. The van der Waals surface area contributed by atoms with Crippen molar-refractivity contribution in [2.24, 2.45) is 0 Å². The number of carbonyl (C=O) groups excluding carboxylic acids is 1. The van der Waals surface area contributed by atoms with E-state index in [1.165, 1.54) is 0 Å². The molecule has 3 aromatic carbocycles. The highest BCUT2D eigenvalue weighted by molar-refractivity contribution is 5.74. The van der Waals surface area contributed by atoms with Crippen LogP contribution < -0.4 is 4.74 Å². The van der Waals surface area contributed by atoms with Gasteiger partial charge in [-0.1, -0.05) is 60.7 Å². The molecule has 3 nitrogen and oxygen atoms in total. The molecule has 0 bridgehead atoms. The average molecular weight is 378 g/mol. The summed E-state index contributed by atoms with van der Waals surface area (Å²) in [7, 11) is 0. The topological polar surface area (TPSA) is 35.5 Å². The first-order chi connectivity index (χ1) is 13.7. The van der Waals surface area contributed by atoms with Crippen molar-refractivity contribution >= 4 is 5.97 Å². The summed E-state index contributed by atoms with van der Waals surface area (Å²) in [6, 6.07) is 22.9. The fraction of sp³-hybridized carbons (Fsp3) is 0.208. The lowest BCUT2D eigenvalue weighted by Gasteiger charge is -2.12. The Morgan fingerprint density at radius 1 is 0.857 bits per heavy atom. The standard InChI is InChI=1S/C24H23FO3/c1-2-27-24(26)14-20-12-22(21-10-8-18(16-25)9-11-21)15-23(13-20)28-17-19-6-4-3-5-7-19/h3-13,15H,2,14,16-17H2,1H3. The van der Waals surface area contributed by atoms with Gasteiger partial charge in [0.05, 0.1) is 13.0 Å². The monoisotopic (exact) mass is 378 g/mol. The Balaban J connectivity index is 1.87. The van der Waals surface area contributed by atoms with Crippen molar-refractivity contribution in [1.82, 2.24) is 0 Å². The van der Waals surface area contributed by atoms with Crippen LogP contribution in [-0.2, 0) is 29.2 Å². The molecule has 0 aromatic heterocycles. The summed E-state index contributed by atoms with van der Waals surface area (Å²) >= 11 is 0. The van der Waals surface area contributed by atoms with Crippen LogP contribution in [-0.4, -0.2) is 12.6 Å². The molecular weight excluding hydrogens is 355 g/mol. The molecule has 3 rings (SSSR count). The zero-order chi connectivity index (χ0) is 19.8. The normalized spacial score (nSPS) is 10.5. The summed E-state index contributed by atoms with van der Waals surface area (Å²) in [6.45, 7) is 2.08. The van der Waals surface area contributed by atoms with Gasteiger partial charge >= 0.3 is 5.97 Å². The quantitative estimate of drug-likeness (QED) is 0.485. The van der Waals surface area contributed by atoms with Crippen molar-refractivity contribution in [3.8, 4) is 16.9 Å². The zero-order valence-electron chi connectivity index (χ0n) is 15.9. The van der Waals surface area contributed by atoms with E-state index in [0.717, 1.165) is 22.3 Å². The second-order valence-electron chi connectivity index (χ2n) is 6.45. The maximum atomic E-state index is 12.8. The van der Waals surface area contributed by atoms with Crippen LogP contribution in [0, 0.1) is 0 Å². The molecule has 0 radical (unpaired) electrons. The molecular formula is C24H23FO3. The third kappa shape index (κ3) is 5.43. The molecule has 0 atom stereocenters. The third-order valence-electron chi connectivity index (χ3n) is 4.31. The number of carbonyl (C=O) groups is 1. The average Bonchev–Trinajstić information content (AvgIpc) is 2.73. The molecule has 0 spiro atoms. The van der Waals surface area contributed by atoms with Gasteiger partial charge in [-0.05, 0) is 46.9 Å². The van der Waals surface area contributed by atoms with E-state index in [4.69, 9.17) is 9.47 Å². The molecule has 3 aromatic rings. The number of hydrogen-bond acceptors (Lipinski definition) is 3. The summed E-state index contributed by atoms with van der Waals surface area (Å²) in [5, 5.41) is 0. The molecule has 0 aliphatic heterocycles. The second kappa shape index (κ2) is 9.70. The Bertz CT molecular complexity index is 905. The molecule has 0 unspecified atom stereocenters. The second-order valence-corrected chi connectivity index (χ2v) is 6.45. The summed E-state index contributed by atoms with van der Waals surface area (Å²) in [5.74, 6) is 0.400. The fourth-order valence-electron chi connectivity index (χ4n) is 2.92. The molecule has 0 heterocycles. The Hall–Kier alpha value is -3.14. The van der Waals surface area contributed by atoms with E-state index in [1.807, 2.05) is 60.7 Å². The van der Waals surface area contributed by atoms with Crippen LogP contribution in [0.15, 0.2) is 72.8 Å². The van der Waals surface area contributed by atoms with Crippen LogP contribution in [0.1, 0.15) is 23.6 Å². The van der Waals surface area contributed by atoms with Gasteiger partial charge in [0.2, 0.25) is 0 Å². The smallest absolute Gasteiger partial charge is 0.310 e. The lowest BCUT2D eigenvalue weighted by atomic mass is 10.00. The maximum absolute atomic E-state index is 12.8. The minimum atomic E-state index is -0.491. The number of hydrogen-bond donors (Lipinski definition) is 0. The summed E-state index contributed by atoms with van der Waals surface area (Å²) in [6.07, 6.45) is 0.173. The number of ether oxygens (including phenoxy) is 2. The maximum Gasteiger partial charge on any atom is 0.310 e. The summed E-state index contributed by atoms with van der Waals surface area (Å²) in [4.78, 5) is 11.9. The van der Waals surface area contributed by atoms with Crippen LogP contribution in [0.2, 0.25) is 0 Å². The number of rotatable bonds is 8. The van der Waals surface area contributed by atoms with Gasteiger partial charge in [-0.3, -0.25) is 4.79 Å². The van der Waals surface area contributed by atoms with Crippen molar-refractivity contribution in [2.45, 2.75) is 26.6 Å². The predicted octanol–water partition coefficient (Wildman–Crippen LogP) is 5.51. The van der Waals surface area contributed by atoms with E-state index >= 15 is 0 Å². The molecule has 0 amide bonds. The van der Waals surface area contributed by atoms with E-state index in [2.05, 4.69) is 0 Å². The van der Waals surface area contributed by atoms with Gasteiger partial charge in [0.25, 0.3) is 0 Å². The highest BCUT2D eigenvalue weighted by Crippen LogP contribution is 2.28. The van der Waals surface area contributed by atoms with Crippen molar-refractivity contribution in [2.75, 3.05) is 6.61 Å². The summed E-state index contributed by atoms with van der Waals surface area (Å²) < 4.78 is 23.8. The Morgan fingerprint density at radius 2 is 1.61 bits per heavy atom. The van der Waals surface area contributed by atoms with Crippen LogP contribution in [0.3, 0.4) is 0 Å². The van der Waals surface area contributed by atoms with Crippen LogP contribution in [0.5, 0.6) is 5.75 Å². The Morgan fingerprint density at radius 3 is 2.29 bits per heavy atom. The molecule has 0 aliphatic carbocycles. The molecule has 0 aliphatic rings. The van der Waals surface area contributed by atoms with Gasteiger partial charge in [0.1, 0.15) is 19.0 Å². The fourth-order valence-corrected chi connectivity index (χ4v) is 2.92. The zero-order valence-corrected chi connectivity index (χ0v) is 15.9. The van der Waals surface area contributed by atoms with Gasteiger partial charge in [0, 0.05) is 0 Å². The Labute approximate surface area is 164 Å². The molecule has 144 valence electrons. The lowest BCUT2D eigenvalue weighted by molar-refractivity contribution is -0.142. The van der Waals surface area contributed by atoms with Crippen LogP contribution in [0.25, 0.3) is 11.1 Å². The minimum absolute atomic E-state index is 0.173. The van der Waals surface area contributed by atoms with E-state index in [1.54, 1.807) is 19.1 Å².